The van der Waals surface area contributed by atoms with Crippen molar-refractivity contribution in [1.29, 1.82) is 0 Å². The van der Waals surface area contributed by atoms with Crippen molar-refractivity contribution < 1.29 is 13.2 Å². The molecule has 1 heterocycles. The van der Waals surface area contributed by atoms with Crippen LogP contribution in [0.4, 0.5) is 5.13 Å². The monoisotopic (exact) mass is 427 g/mol. The fraction of sp³-hybridized carbons (Fsp3) is 0.238. The number of rotatable bonds is 6. The van der Waals surface area contributed by atoms with Gasteiger partial charge in [-0.2, -0.15) is 0 Å². The highest BCUT2D eigenvalue weighted by atomic mass is 32.2. The van der Waals surface area contributed by atoms with E-state index in [-0.39, 0.29) is 16.5 Å². The zero-order valence-corrected chi connectivity index (χ0v) is 17.7. The molecule has 1 saturated carbocycles. The molecule has 150 valence electrons. The second kappa shape index (κ2) is 7.70. The van der Waals surface area contributed by atoms with E-state index in [1.165, 1.54) is 29.0 Å². The van der Waals surface area contributed by atoms with Crippen LogP contribution in [0.2, 0.25) is 0 Å². The third-order valence-corrected chi connectivity index (χ3v) is 7.05. The Balaban J connectivity index is 1.53. The summed E-state index contributed by atoms with van der Waals surface area (Å²) in [4.78, 5) is 18.3. The van der Waals surface area contributed by atoms with Crippen molar-refractivity contribution in [3.8, 4) is 11.3 Å². The summed E-state index contributed by atoms with van der Waals surface area (Å²) in [7, 11) is -3.61. The lowest BCUT2D eigenvalue weighted by Crippen LogP contribution is -2.26. The first-order valence-corrected chi connectivity index (χ1v) is 11.6. The summed E-state index contributed by atoms with van der Waals surface area (Å²) in [6.07, 6.45) is 1.71. The van der Waals surface area contributed by atoms with Gasteiger partial charge in [-0.15, -0.1) is 11.3 Å². The van der Waals surface area contributed by atoms with Gasteiger partial charge in [0.1, 0.15) is 0 Å². The Bertz CT molecular complexity index is 1160. The molecule has 2 aromatic carbocycles. The fourth-order valence-corrected chi connectivity index (χ4v) is 5.07. The van der Waals surface area contributed by atoms with Crippen LogP contribution in [0.3, 0.4) is 0 Å². The van der Waals surface area contributed by atoms with Crippen molar-refractivity contribution >= 4 is 32.4 Å². The lowest BCUT2D eigenvalue weighted by Gasteiger charge is -2.07. The fourth-order valence-electron chi connectivity index (χ4n) is 2.89. The molecular weight excluding hydrogens is 406 g/mol. The highest BCUT2D eigenvalue weighted by Crippen LogP contribution is 2.31. The van der Waals surface area contributed by atoms with Gasteiger partial charge < -0.3 is 0 Å². The molecule has 4 rings (SSSR count). The Hall–Kier alpha value is -2.55. The van der Waals surface area contributed by atoms with E-state index in [0.717, 1.165) is 29.0 Å². The van der Waals surface area contributed by atoms with E-state index < -0.39 is 15.9 Å². The van der Waals surface area contributed by atoms with E-state index >= 15 is 0 Å². The molecule has 0 atom stereocenters. The Morgan fingerprint density at radius 3 is 2.52 bits per heavy atom. The third-order valence-electron chi connectivity index (χ3n) is 4.65. The molecule has 1 aromatic heterocycles. The van der Waals surface area contributed by atoms with Crippen LogP contribution >= 0.6 is 11.3 Å². The van der Waals surface area contributed by atoms with Gasteiger partial charge in [0.15, 0.2) is 5.13 Å². The molecule has 0 bridgehead atoms. The SMILES string of the molecule is Cc1ccc(-c2nc(NC(=O)c3cccc(S(=O)(=O)NC4CC4)c3)sc2C)cc1. The number of nitrogens with one attached hydrogen (secondary N) is 2. The molecule has 1 fully saturated rings. The second-order valence-corrected chi connectivity index (χ2v) is 10.1. The Kier molecular flexibility index (Phi) is 5.24. The largest absolute Gasteiger partial charge is 0.298 e. The van der Waals surface area contributed by atoms with Gasteiger partial charge in [-0.25, -0.2) is 18.1 Å². The lowest BCUT2D eigenvalue weighted by atomic mass is 10.1. The minimum absolute atomic E-state index is 0.0102. The van der Waals surface area contributed by atoms with E-state index in [1.54, 1.807) is 12.1 Å². The molecule has 8 heteroatoms. The highest BCUT2D eigenvalue weighted by Gasteiger charge is 2.28. The maximum atomic E-state index is 12.7. The van der Waals surface area contributed by atoms with Crippen molar-refractivity contribution in [2.24, 2.45) is 0 Å². The maximum Gasteiger partial charge on any atom is 0.257 e. The summed E-state index contributed by atoms with van der Waals surface area (Å²) in [5.74, 6) is -0.391. The zero-order valence-electron chi connectivity index (χ0n) is 16.1. The minimum atomic E-state index is -3.61. The van der Waals surface area contributed by atoms with Crippen LogP contribution in [0.1, 0.15) is 33.6 Å². The summed E-state index contributed by atoms with van der Waals surface area (Å²) >= 11 is 1.39. The number of carbonyl (C=O) groups excluding carboxylic acids is 1. The lowest BCUT2D eigenvalue weighted by molar-refractivity contribution is 0.102. The molecule has 1 aliphatic carbocycles. The number of sulfonamides is 1. The van der Waals surface area contributed by atoms with Gasteiger partial charge in [0.2, 0.25) is 10.0 Å². The van der Waals surface area contributed by atoms with Crippen molar-refractivity contribution in [2.75, 3.05) is 5.32 Å². The number of thiazole rings is 1. The van der Waals surface area contributed by atoms with Crippen molar-refractivity contribution in [2.45, 2.75) is 37.6 Å². The normalized spacial score (nSPS) is 14.0. The van der Waals surface area contributed by atoms with Gasteiger partial charge in [0, 0.05) is 22.0 Å². The smallest absolute Gasteiger partial charge is 0.257 e. The zero-order chi connectivity index (χ0) is 20.6. The number of anilines is 1. The van der Waals surface area contributed by atoms with Gasteiger partial charge in [-0.05, 0) is 44.9 Å². The summed E-state index contributed by atoms with van der Waals surface area (Å²) in [5, 5.41) is 3.26. The third kappa shape index (κ3) is 4.55. The van der Waals surface area contributed by atoms with E-state index in [0.29, 0.717) is 5.13 Å². The quantitative estimate of drug-likeness (QED) is 0.619. The molecule has 0 spiro atoms. The molecule has 0 aliphatic heterocycles. The van der Waals surface area contributed by atoms with Crippen LogP contribution in [0, 0.1) is 13.8 Å². The van der Waals surface area contributed by atoms with E-state index in [9.17, 15) is 13.2 Å². The van der Waals surface area contributed by atoms with Crippen LogP contribution in [0.25, 0.3) is 11.3 Å². The first-order valence-electron chi connectivity index (χ1n) is 9.30. The minimum Gasteiger partial charge on any atom is -0.298 e. The van der Waals surface area contributed by atoms with Crippen LogP contribution in [0.5, 0.6) is 0 Å². The predicted octanol–water partition coefficient (Wildman–Crippen LogP) is 4.12. The highest BCUT2D eigenvalue weighted by molar-refractivity contribution is 7.89. The number of aromatic nitrogens is 1. The topological polar surface area (TPSA) is 88.2 Å². The Morgan fingerprint density at radius 1 is 1.10 bits per heavy atom. The van der Waals surface area contributed by atoms with Crippen LogP contribution < -0.4 is 10.0 Å². The Labute approximate surface area is 174 Å². The number of hydrogen-bond acceptors (Lipinski definition) is 5. The van der Waals surface area contributed by atoms with Gasteiger partial charge >= 0.3 is 0 Å². The van der Waals surface area contributed by atoms with Gasteiger partial charge in [-0.3, -0.25) is 10.1 Å². The van der Waals surface area contributed by atoms with Crippen LogP contribution in [-0.2, 0) is 10.0 Å². The predicted molar refractivity (Wildman–Crippen MR) is 115 cm³/mol. The van der Waals surface area contributed by atoms with Crippen molar-refractivity contribution in [3.63, 3.8) is 0 Å². The van der Waals surface area contributed by atoms with E-state index in [4.69, 9.17) is 0 Å². The van der Waals surface area contributed by atoms with Crippen molar-refractivity contribution in [1.82, 2.24) is 9.71 Å². The molecule has 1 aliphatic rings. The number of benzene rings is 2. The molecule has 6 nitrogen and oxygen atoms in total. The first-order chi connectivity index (χ1) is 13.8. The second-order valence-electron chi connectivity index (χ2n) is 7.17. The molecule has 3 aromatic rings. The number of hydrogen-bond donors (Lipinski definition) is 2. The van der Waals surface area contributed by atoms with Gasteiger partial charge in [0.25, 0.3) is 5.91 Å². The summed E-state index contributed by atoms with van der Waals surface area (Å²) in [5.41, 5.74) is 3.26. The number of carbonyl (C=O) groups is 1. The first kappa shape index (κ1) is 19.8. The van der Waals surface area contributed by atoms with Crippen LogP contribution in [0.15, 0.2) is 53.4 Å². The van der Waals surface area contributed by atoms with Crippen molar-refractivity contribution in [3.05, 3.63) is 64.5 Å². The van der Waals surface area contributed by atoms with E-state index in [2.05, 4.69) is 15.0 Å². The molecule has 29 heavy (non-hydrogen) atoms. The summed E-state index contributed by atoms with van der Waals surface area (Å²) in [6, 6.07) is 14.1. The molecule has 1 amide bonds. The number of amides is 1. The Morgan fingerprint density at radius 2 is 1.83 bits per heavy atom. The molecule has 0 radical (unpaired) electrons. The average molecular weight is 428 g/mol. The maximum absolute atomic E-state index is 12.7. The standard InChI is InChI=1S/C21H21N3O3S2/c1-13-6-8-15(9-7-13)19-14(2)28-21(22-19)23-20(25)16-4-3-5-18(12-16)29(26,27)24-17-10-11-17/h3-9,12,17,24H,10-11H2,1-2H3,(H,22,23,25). The van der Waals surface area contributed by atoms with E-state index in [1.807, 2.05) is 38.1 Å². The molecule has 0 unspecified atom stereocenters. The molecule has 2 N–H and O–H groups in total. The number of nitrogens with zero attached hydrogens (tertiary/aromatic N) is 1. The van der Waals surface area contributed by atoms with Crippen LogP contribution in [-0.4, -0.2) is 25.4 Å². The summed E-state index contributed by atoms with van der Waals surface area (Å²) in [6.45, 7) is 3.98. The molecule has 0 saturated heterocycles. The van der Waals surface area contributed by atoms with Gasteiger partial charge in [-0.1, -0.05) is 35.9 Å². The summed E-state index contributed by atoms with van der Waals surface area (Å²) < 4.78 is 27.4. The van der Waals surface area contributed by atoms with Gasteiger partial charge in [0.05, 0.1) is 10.6 Å². The average Bonchev–Trinajstić information content (AvgIpc) is 3.42. The number of aryl methyl sites for hydroxylation is 2. The molecular formula is C21H21N3O3S2.